The van der Waals surface area contributed by atoms with Gasteiger partial charge in [0.15, 0.2) is 6.61 Å². The Balaban J connectivity index is 1.83. The first-order valence-corrected chi connectivity index (χ1v) is 8.79. The van der Waals surface area contributed by atoms with Crippen molar-refractivity contribution in [2.75, 3.05) is 18.5 Å². The third-order valence-corrected chi connectivity index (χ3v) is 3.56. The van der Waals surface area contributed by atoms with Gasteiger partial charge in [0.05, 0.1) is 6.21 Å². The van der Waals surface area contributed by atoms with Crippen LogP contribution in [0, 0.1) is 6.92 Å². The summed E-state index contributed by atoms with van der Waals surface area (Å²) in [4.78, 5) is 34.9. The number of aryl methyl sites for hydroxylation is 1. The molecule has 150 valence electrons. The molecule has 0 aliphatic heterocycles. The number of anilines is 1. The number of benzene rings is 2. The highest BCUT2D eigenvalue weighted by atomic mass is 16.5. The maximum absolute atomic E-state index is 12.0. The van der Waals surface area contributed by atoms with E-state index in [-0.39, 0.29) is 19.1 Å². The Morgan fingerprint density at radius 3 is 2.59 bits per heavy atom. The van der Waals surface area contributed by atoms with Crippen molar-refractivity contribution < 1.29 is 19.1 Å². The second-order valence-corrected chi connectivity index (χ2v) is 5.97. The first-order valence-electron chi connectivity index (χ1n) is 8.79. The summed E-state index contributed by atoms with van der Waals surface area (Å²) in [5.74, 6) is -1.52. The summed E-state index contributed by atoms with van der Waals surface area (Å²) >= 11 is 0. The van der Waals surface area contributed by atoms with Gasteiger partial charge in [-0.15, -0.1) is 6.58 Å². The lowest BCUT2D eigenvalue weighted by molar-refractivity contribution is -0.139. The Hall–Kier alpha value is -3.94. The molecule has 0 aromatic heterocycles. The zero-order valence-corrected chi connectivity index (χ0v) is 16.0. The number of amides is 3. The normalized spacial score (nSPS) is 10.2. The van der Waals surface area contributed by atoms with E-state index < -0.39 is 11.8 Å². The number of hydrogen-bond donors (Lipinski definition) is 3. The van der Waals surface area contributed by atoms with Gasteiger partial charge in [-0.2, -0.15) is 5.10 Å². The minimum Gasteiger partial charge on any atom is -0.484 e. The number of rotatable bonds is 8. The Morgan fingerprint density at radius 1 is 1.10 bits per heavy atom. The van der Waals surface area contributed by atoms with Crippen molar-refractivity contribution in [1.82, 2.24) is 10.7 Å². The lowest BCUT2D eigenvalue weighted by Gasteiger charge is -2.08. The molecule has 29 heavy (non-hydrogen) atoms. The summed E-state index contributed by atoms with van der Waals surface area (Å²) in [6, 6.07) is 14.2. The van der Waals surface area contributed by atoms with Crippen LogP contribution < -0.4 is 20.8 Å². The van der Waals surface area contributed by atoms with Crippen LogP contribution in [0.25, 0.3) is 0 Å². The molecular formula is C21H22N4O4. The van der Waals surface area contributed by atoms with Crippen molar-refractivity contribution >= 4 is 29.6 Å². The van der Waals surface area contributed by atoms with Gasteiger partial charge in [0.25, 0.3) is 5.91 Å². The molecule has 8 heteroatoms. The zero-order valence-electron chi connectivity index (χ0n) is 16.0. The van der Waals surface area contributed by atoms with Crippen LogP contribution in [0.4, 0.5) is 5.69 Å². The van der Waals surface area contributed by atoms with Gasteiger partial charge in [0.2, 0.25) is 0 Å². The standard InChI is InChI=1S/C21H22N4O4/c1-3-11-22-20(27)21(28)25-23-13-16-5-4-6-18(12-16)29-14-19(26)24-17-9-7-15(2)8-10-17/h3-10,12-13H,1,11,14H2,2H3,(H,22,27)(H,24,26)(H,25,28)/b23-13-. The molecule has 3 amide bonds. The van der Waals surface area contributed by atoms with Crippen molar-refractivity contribution in [3.05, 3.63) is 72.3 Å². The molecule has 0 fully saturated rings. The number of nitrogens with zero attached hydrogens (tertiary/aromatic N) is 1. The van der Waals surface area contributed by atoms with Crippen LogP contribution in [0.15, 0.2) is 66.3 Å². The lowest BCUT2D eigenvalue weighted by atomic mass is 10.2. The van der Waals surface area contributed by atoms with Crippen LogP contribution >= 0.6 is 0 Å². The minimum atomic E-state index is -0.886. The first-order chi connectivity index (χ1) is 14.0. The van der Waals surface area contributed by atoms with Crippen LogP contribution in [0.2, 0.25) is 0 Å². The molecule has 0 saturated carbocycles. The molecule has 0 radical (unpaired) electrons. The highest BCUT2D eigenvalue weighted by Crippen LogP contribution is 2.13. The number of carbonyl (C=O) groups excluding carboxylic acids is 3. The third kappa shape index (κ3) is 7.67. The number of ether oxygens (including phenoxy) is 1. The Morgan fingerprint density at radius 2 is 1.86 bits per heavy atom. The molecule has 0 bridgehead atoms. The molecule has 2 aromatic carbocycles. The van der Waals surface area contributed by atoms with Gasteiger partial charge in [-0.05, 0) is 36.8 Å². The van der Waals surface area contributed by atoms with E-state index >= 15 is 0 Å². The molecule has 2 aromatic rings. The van der Waals surface area contributed by atoms with E-state index in [4.69, 9.17) is 4.74 Å². The first kappa shape index (κ1) is 21.4. The average molecular weight is 394 g/mol. The monoisotopic (exact) mass is 394 g/mol. The Bertz CT molecular complexity index is 907. The van der Waals surface area contributed by atoms with Crippen LogP contribution in [0.3, 0.4) is 0 Å². The average Bonchev–Trinajstić information content (AvgIpc) is 2.72. The second-order valence-electron chi connectivity index (χ2n) is 5.97. The van der Waals surface area contributed by atoms with Gasteiger partial charge in [-0.3, -0.25) is 14.4 Å². The van der Waals surface area contributed by atoms with Crippen molar-refractivity contribution in [2.24, 2.45) is 5.10 Å². The summed E-state index contributed by atoms with van der Waals surface area (Å²) in [6.45, 7) is 5.43. The van der Waals surface area contributed by atoms with Gasteiger partial charge >= 0.3 is 11.8 Å². The third-order valence-electron chi connectivity index (χ3n) is 3.56. The Kier molecular flexibility index (Phi) is 8.12. The maximum Gasteiger partial charge on any atom is 0.329 e. The van der Waals surface area contributed by atoms with Crippen LogP contribution in [-0.2, 0) is 14.4 Å². The smallest absolute Gasteiger partial charge is 0.329 e. The van der Waals surface area contributed by atoms with Crippen molar-refractivity contribution in [3.8, 4) is 5.75 Å². The van der Waals surface area contributed by atoms with Crippen molar-refractivity contribution in [1.29, 1.82) is 0 Å². The number of carbonyl (C=O) groups is 3. The van der Waals surface area contributed by atoms with Gasteiger partial charge in [0.1, 0.15) is 5.75 Å². The molecule has 0 saturated heterocycles. The molecule has 2 rings (SSSR count). The maximum atomic E-state index is 12.0. The SMILES string of the molecule is C=CCNC(=O)C(=O)N/N=C\c1cccc(OCC(=O)Nc2ccc(C)cc2)c1. The molecule has 0 atom stereocenters. The summed E-state index contributed by atoms with van der Waals surface area (Å²) < 4.78 is 5.48. The van der Waals surface area contributed by atoms with E-state index in [1.807, 2.05) is 31.2 Å². The highest BCUT2D eigenvalue weighted by molar-refractivity contribution is 6.35. The highest BCUT2D eigenvalue weighted by Gasteiger charge is 2.10. The molecular weight excluding hydrogens is 372 g/mol. The van der Waals surface area contributed by atoms with E-state index in [1.165, 1.54) is 12.3 Å². The summed E-state index contributed by atoms with van der Waals surface area (Å²) in [7, 11) is 0. The quantitative estimate of drug-likeness (QED) is 0.274. The predicted molar refractivity (Wildman–Crippen MR) is 111 cm³/mol. The minimum absolute atomic E-state index is 0.158. The second kappa shape index (κ2) is 11.0. The molecule has 0 aliphatic rings. The topological polar surface area (TPSA) is 109 Å². The zero-order chi connectivity index (χ0) is 21.1. The van der Waals surface area contributed by atoms with Crippen molar-refractivity contribution in [3.63, 3.8) is 0 Å². The molecule has 3 N–H and O–H groups in total. The van der Waals surface area contributed by atoms with E-state index in [2.05, 4.69) is 27.7 Å². The summed E-state index contributed by atoms with van der Waals surface area (Å²) in [5, 5.41) is 8.80. The van der Waals surface area contributed by atoms with Crippen LogP contribution in [0.5, 0.6) is 5.75 Å². The van der Waals surface area contributed by atoms with Crippen LogP contribution in [-0.4, -0.2) is 37.1 Å². The molecule has 0 spiro atoms. The van der Waals surface area contributed by atoms with Gasteiger partial charge in [0, 0.05) is 12.2 Å². The predicted octanol–water partition coefficient (Wildman–Crippen LogP) is 1.76. The van der Waals surface area contributed by atoms with Gasteiger partial charge < -0.3 is 15.4 Å². The molecule has 0 unspecified atom stereocenters. The van der Waals surface area contributed by atoms with E-state index in [0.29, 0.717) is 17.0 Å². The van der Waals surface area contributed by atoms with E-state index in [0.717, 1.165) is 5.56 Å². The fraction of sp³-hybridized carbons (Fsp3) is 0.143. The van der Waals surface area contributed by atoms with Crippen LogP contribution in [0.1, 0.15) is 11.1 Å². The summed E-state index contributed by atoms with van der Waals surface area (Å²) in [5.41, 5.74) is 4.53. The largest absolute Gasteiger partial charge is 0.484 e. The van der Waals surface area contributed by atoms with Gasteiger partial charge in [-0.25, -0.2) is 5.43 Å². The summed E-state index contributed by atoms with van der Waals surface area (Å²) in [6.07, 6.45) is 2.82. The molecule has 0 aliphatic carbocycles. The van der Waals surface area contributed by atoms with E-state index in [9.17, 15) is 14.4 Å². The fourth-order valence-corrected chi connectivity index (χ4v) is 2.13. The Labute approximate surface area is 168 Å². The number of hydrazone groups is 1. The van der Waals surface area contributed by atoms with Crippen molar-refractivity contribution in [2.45, 2.75) is 6.92 Å². The molecule has 8 nitrogen and oxygen atoms in total. The van der Waals surface area contributed by atoms with Gasteiger partial charge in [-0.1, -0.05) is 35.9 Å². The van der Waals surface area contributed by atoms with E-state index in [1.54, 1.807) is 24.3 Å². The lowest BCUT2D eigenvalue weighted by Crippen LogP contribution is -2.37. The fourth-order valence-electron chi connectivity index (χ4n) is 2.13. The molecule has 0 heterocycles. The number of nitrogens with one attached hydrogen (secondary N) is 3. The number of hydrogen-bond acceptors (Lipinski definition) is 5.